The van der Waals surface area contributed by atoms with Crippen molar-refractivity contribution in [1.82, 2.24) is 0 Å². The fourth-order valence-corrected chi connectivity index (χ4v) is 4.32. The van der Waals surface area contributed by atoms with E-state index in [4.69, 9.17) is 23.4 Å². The summed E-state index contributed by atoms with van der Waals surface area (Å²) in [5, 5.41) is 10.9. The van der Waals surface area contributed by atoms with E-state index < -0.39 is 41.1 Å². The number of rotatable bonds is 6. The third kappa shape index (κ3) is 4.30. The number of hydrogen-bond donors (Lipinski definition) is 1. The maximum Gasteiger partial charge on any atom is 0.339 e. The lowest BCUT2D eigenvalue weighted by molar-refractivity contribution is -0.235. The predicted octanol–water partition coefficient (Wildman–Crippen LogP) is 2.71. The molecule has 0 aromatic carbocycles. The number of carbonyl (C=O) groups is 1. The summed E-state index contributed by atoms with van der Waals surface area (Å²) in [5.41, 5.74) is -1.74. The minimum absolute atomic E-state index is 0.371. The quantitative estimate of drug-likeness (QED) is 0.525. The van der Waals surface area contributed by atoms with Gasteiger partial charge in [0, 0.05) is 12.5 Å². The van der Waals surface area contributed by atoms with Crippen LogP contribution in [0.3, 0.4) is 0 Å². The first-order valence-electron chi connectivity index (χ1n) is 10.4. The maximum atomic E-state index is 11.6. The van der Waals surface area contributed by atoms with Gasteiger partial charge in [-0.1, -0.05) is 30.4 Å². The standard InChI is InChI=1S/C24H30O8/c1-14-17(30-20(26)13-19(14)28-6)11-9-7-8-10-12-18-21(27)24(5)22(29-16(3)25)23(4,32-18)15(2)31-24/h7-13,15,18,21-22,27H,1-6H3/b8-7+,11-9+,12-10+/t15-,18-,21-,22+,23-,24-/m1/s1. The fraction of sp³-hybridized carbons (Fsp3) is 0.500. The maximum absolute atomic E-state index is 11.6. The Morgan fingerprint density at radius 1 is 1.16 bits per heavy atom. The normalized spacial score (nSPS) is 34.6. The van der Waals surface area contributed by atoms with E-state index in [1.54, 1.807) is 50.3 Å². The SMILES string of the molecule is COc1cc(=O)oc(/C=C/C=C/C=C/[C@H]2O[C@@]3(C)[C@H](OC(C)=O)[C@](C)(O[C@@H]3C)[C@@H]2O)c1C. The third-order valence-corrected chi connectivity index (χ3v) is 6.15. The van der Waals surface area contributed by atoms with E-state index in [1.807, 2.05) is 13.8 Å². The van der Waals surface area contributed by atoms with E-state index in [0.29, 0.717) is 11.5 Å². The van der Waals surface area contributed by atoms with Crippen LogP contribution in [-0.2, 0) is 19.0 Å². The van der Waals surface area contributed by atoms with Crippen LogP contribution in [0.25, 0.3) is 6.08 Å². The topological polar surface area (TPSA) is 104 Å². The highest BCUT2D eigenvalue weighted by Gasteiger charge is 2.69. The van der Waals surface area contributed by atoms with Crippen LogP contribution in [0.2, 0.25) is 0 Å². The third-order valence-electron chi connectivity index (χ3n) is 6.15. The smallest absolute Gasteiger partial charge is 0.339 e. The molecule has 32 heavy (non-hydrogen) atoms. The summed E-state index contributed by atoms with van der Waals surface area (Å²) in [6, 6.07) is 1.30. The van der Waals surface area contributed by atoms with Crippen molar-refractivity contribution < 1.29 is 33.3 Å². The first-order chi connectivity index (χ1) is 15.0. The summed E-state index contributed by atoms with van der Waals surface area (Å²) in [7, 11) is 1.50. The molecule has 0 spiro atoms. The molecule has 6 atom stereocenters. The van der Waals surface area contributed by atoms with Crippen LogP contribution < -0.4 is 10.4 Å². The van der Waals surface area contributed by atoms with E-state index in [0.717, 1.165) is 5.56 Å². The second-order valence-electron chi connectivity index (χ2n) is 8.40. The van der Waals surface area contributed by atoms with Crippen molar-refractivity contribution in [3.63, 3.8) is 0 Å². The molecule has 2 aliphatic heterocycles. The number of carbonyl (C=O) groups excluding carboxylic acids is 1. The zero-order chi connectivity index (χ0) is 23.7. The van der Waals surface area contributed by atoms with E-state index in [9.17, 15) is 14.7 Å². The molecule has 0 saturated carbocycles. The molecule has 0 amide bonds. The minimum Gasteiger partial charge on any atom is -0.496 e. The highest BCUT2D eigenvalue weighted by molar-refractivity contribution is 5.66. The summed E-state index contributed by atoms with van der Waals surface area (Å²) < 4.78 is 28.0. The van der Waals surface area contributed by atoms with Crippen LogP contribution in [-0.4, -0.2) is 53.8 Å². The van der Waals surface area contributed by atoms with Gasteiger partial charge in [0.2, 0.25) is 0 Å². The fourth-order valence-electron chi connectivity index (χ4n) is 4.32. The molecule has 1 aromatic rings. The van der Waals surface area contributed by atoms with Gasteiger partial charge in [0.15, 0.2) is 6.10 Å². The Labute approximate surface area is 187 Å². The first kappa shape index (κ1) is 24.0. The summed E-state index contributed by atoms with van der Waals surface area (Å²) in [6.45, 7) is 8.52. The van der Waals surface area contributed by atoms with Crippen molar-refractivity contribution in [3.8, 4) is 5.75 Å². The van der Waals surface area contributed by atoms with Gasteiger partial charge in [0.1, 0.15) is 34.9 Å². The second-order valence-corrected chi connectivity index (χ2v) is 8.40. The molecule has 1 N–H and O–H groups in total. The van der Waals surface area contributed by atoms with Gasteiger partial charge in [-0.15, -0.1) is 0 Å². The zero-order valence-corrected chi connectivity index (χ0v) is 19.2. The van der Waals surface area contributed by atoms with E-state index in [1.165, 1.54) is 20.1 Å². The van der Waals surface area contributed by atoms with Gasteiger partial charge in [-0.25, -0.2) is 4.79 Å². The average molecular weight is 446 g/mol. The number of ether oxygens (including phenoxy) is 4. The Bertz CT molecular complexity index is 1010. The molecule has 8 heteroatoms. The molecule has 1 aromatic heterocycles. The van der Waals surface area contributed by atoms with Crippen molar-refractivity contribution >= 4 is 12.0 Å². The van der Waals surface area contributed by atoms with Gasteiger partial charge in [-0.2, -0.15) is 0 Å². The monoisotopic (exact) mass is 446 g/mol. The number of esters is 1. The predicted molar refractivity (Wildman–Crippen MR) is 117 cm³/mol. The molecule has 3 rings (SSSR count). The summed E-state index contributed by atoms with van der Waals surface area (Å²) in [6.07, 6.45) is 7.61. The molecular formula is C24H30O8. The van der Waals surface area contributed by atoms with Crippen molar-refractivity contribution in [3.05, 3.63) is 58.2 Å². The Morgan fingerprint density at radius 3 is 2.50 bits per heavy atom. The van der Waals surface area contributed by atoms with Crippen LogP contribution >= 0.6 is 0 Å². The lowest BCUT2D eigenvalue weighted by Crippen LogP contribution is -2.65. The Kier molecular flexibility index (Phi) is 6.78. The number of fused-ring (bicyclic) bond motifs is 2. The Balaban J connectivity index is 1.71. The summed E-state index contributed by atoms with van der Waals surface area (Å²) >= 11 is 0. The van der Waals surface area contributed by atoms with Crippen molar-refractivity contribution in [2.24, 2.45) is 0 Å². The van der Waals surface area contributed by atoms with Crippen molar-refractivity contribution in [2.45, 2.75) is 70.2 Å². The zero-order valence-electron chi connectivity index (χ0n) is 19.2. The number of hydrogen-bond acceptors (Lipinski definition) is 8. The summed E-state index contributed by atoms with van der Waals surface area (Å²) in [5.74, 6) is 0.425. The highest BCUT2D eigenvalue weighted by Crippen LogP contribution is 2.50. The molecule has 8 nitrogen and oxygen atoms in total. The van der Waals surface area contributed by atoms with Gasteiger partial charge >= 0.3 is 11.6 Å². The molecular weight excluding hydrogens is 416 g/mol. The molecule has 3 heterocycles. The van der Waals surface area contributed by atoms with Gasteiger partial charge in [-0.3, -0.25) is 4.79 Å². The lowest BCUT2D eigenvalue weighted by atomic mass is 9.78. The molecule has 2 aliphatic rings. The number of aliphatic hydroxyl groups is 1. The molecule has 174 valence electrons. The highest BCUT2D eigenvalue weighted by atomic mass is 16.7. The van der Waals surface area contributed by atoms with E-state index in [2.05, 4.69) is 0 Å². The largest absolute Gasteiger partial charge is 0.496 e. The van der Waals surface area contributed by atoms with Crippen molar-refractivity contribution in [1.29, 1.82) is 0 Å². The van der Waals surface area contributed by atoms with Crippen LogP contribution in [0.5, 0.6) is 5.75 Å². The average Bonchev–Trinajstić information content (AvgIpc) is 2.87. The molecule has 0 radical (unpaired) electrons. The molecule has 2 fully saturated rings. The summed E-state index contributed by atoms with van der Waals surface area (Å²) in [4.78, 5) is 23.2. The van der Waals surface area contributed by atoms with Gasteiger partial charge in [0.25, 0.3) is 0 Å². The number of aliphatic hydroxyl groups excluding tert-OH is 1. The van der Waals surface area contributed by atoms with Crippen LogP contribution in [0.4, 0.5) is 0 Å². The van der Waals surface area contributed by atoms with Crippen molar-refractivity contribution in [2.75, 3.05) is 7.11 Å². The molecule has 2 saturated heterocycles. The second kappa shape index (κ2) is 9.05. The van der Waals surface area contributed by atoms with Crippen LogP contribution in [0.1, 0.15) is 39.0 Å². The van der Waals surface area contributed by atoms with Gasteiger partial charge in [-0.05, 0) is 33.8 Å². The minimum atomic E-state index is -1.09. The first-order valence-corrected chi connectivity index (χ1v) is 10.4. The van der Waals surface area contributed by atoms with E-state index >= 15 is 0 Å². The Morgan fingerprint density at radius 2 is 1.84 bits per heavy atom. The van der Waals surface area contributed by atoms with Gasteiger partial charge < -0.3 is 28.5 Å². The van der Waals surface area contributed by atoms with Crippen LogP contribution in [0, 0.1) is 6.92 Å². The number of allylic oxidation sites excluding steroid dienone is 4. The molecule has 0 unspecified atom stereocenters. The van der Waals surface area contributed by atoms with Gasteiger partial charge in [0.05, 0.1) is 19.3 Å². The Hall–Kier alpha value is -2.68. The lowest BCUT2D eigenvalue weighted by Gasteiger charge is -2.47. The molecule has 2 bridgehead atoms. The number of methoxy groups -OCH3 is 1. The molecule has 0 aliphatic carbocycles. The van der Waals surface area contributed by atoms with E-state index in [-0.39, 0.29) is 6.10 Å². The van der Waals surface area contributed by atoms with Crippen LogP contribution in [0.15, 0.2) is 45.7 Å².